The maximum atomic E-state index is 12.9. The lowest BCUT2D eigenvalue weighted by Gasteiger charge is -2.08. The molecule has 4 aromatic carbocycles. The minimum Gasteiger partial charge on any atom is -0.460 e. The molecule has 168 valence electrons. The Morgan fingerprint density at radius 3 is 2.40 bits per heavy atom. The van der Waals surface area contributed by atoms with Gasteiger partial charge in [0.15, 0.2) is 0 Å². The highest BCUT2D eigenvalue weighted by Crippen LogP contribution is 2.27. The van der Waals surface area contributed by atoms with E-state index in [0.717, 1.165) is 10.8 Å². The number of nitriles is 1. The molecule has 35 heavy (non-hydrogen) atoms. The number of carbonyl (C=O) groups is 1. The first-order valence-corrected chi connectivity index (χ1v) is 10.7. The van der Waals surface area contributed by atoms with Crippen LogP contribution >= 0.6 is 0 Å². The monoisotopic (exact) mass is 459 g/mol. The van der Waals surface area contributed by atoms with Crippen molar-refractivity contribution in [3.8, 4) is 23.3 Å². The predicted octanol–water partition coefficient (Wildman–Crippen LogP) is 6.25. The molecule has 0 saturated heterocycles. The molecule has 0 aliphatic carbocycles. The predicted molar refractivity (Wildman–Crippen MR) is 132 cm³/mol. The summed E-state index contributed by atoms with van der Waals surface area (Å²) in [6.45, 7) is 0. The molecule has 5 rings (SSSR count). The number of esters is 1. The summed E-state index contributed by atoms with van der Waals surface area (Å²) < 4.78 is 16.7. The van der Waals surface area contributed by atoms with Gasteiger partial charge in [0.05, 0.1) is 5.39 Å². The lowest BCUT2D eigenvalue weighted by Crippen LogP contribution is -2.10. The van der Waals surface area contributed by atoms with Gasteiger partial charge in [-0.05, 0) is 46.7 Å². The highest BCUT2D eigenvalue weighted by atomic mass is 16.5. The van der Waals surface area contributed by atoms with Crippen molar-refractivity contribution < 1.29 is 18.7 Å². The summed E-state index contributed by atoms with van der Waals surface area (Å²) in [7, 11) is 0. The number of nitrogens with zero attached hydrogens (tertiary/aromatic N) is 1. The van der Waals surface area contributed by atoms with Crippen molar-refractivity contribution >= 4 is 33.8 Å². The number of rotatable bonds is 5. The Balaban J connectivity index is 1.38. The van der Waals surface area contributed by atoms with Crippen LogP contribution in [0.25, 0.3) is 27.8 Å². The van der Waals surface area contributed by atoms with E-state index < -0.39 is 5.97 Å². The zero-order valence-corrected chi connectivity index (χ0v) is 18.3. The minimum absolute atomic E-state index is 0.0371. The average molecular weight is 459 g/mol. The molecule has 0 amide bonds. The summed E-state index contributed by atoms with van der Waals surface area (Å²) in [6, 6.07) is 28.6. The molecule has 1 heterocycles. The number of benzene rings is 4. The topological polar surface area (TPSA) is 89.5 Å². The van der Waals surface area contributed by atoms with E-state index in [1.165, 1.54) is 30.5 Å². The molecule has 5 aromatic rings. The standard InChI is InChI=1S/C29H17NO5/c30-17-22(14-19-6-2-1-3-7-19)29(32)35-24-12-13-25-26(16-24)33-18-27(28(25)31)34-23-11-10-20-8-4-5-9-21(20)15-23/h1-16,18H. The molecular weight excluding hydrogens is 442 g/mol. The first-order chi connectivity index (χ1) is 17.1. The van der Waals surface area contributed by atoms with Crippen molar-refractivity contribution in [3.05, 3.63) is 119 Å². The molecule has 0 spiro atoms. The van der Waals surface area contributed by atoms with Crippen molar-refractivity contribution in [1.82, 2.24) is 0 Å². The lowest BCUT2D eigenvalue weighted by molar-refractivity contribution is -0.129. The number of carbonyl (C=O) groups excluding carboxylic acids is 1. The van der Waals surface area contributed by atoms with E-state index in [2.05, 4.69) is 0 Å². The van der Waals surface area contributed by atoms with Gasteiger partial charge >= 0.3 is 5.97 Å². The number of hydrogen-bond acceptors (Lipinski definition) is 6. The molecule has 1 aromatic heterocycles. The van der Waals surface area contributed by atoms with Crippen LogP contribution in [0.5, 0.6) is 17.2 Å². The number of ether oxygens (including phenoxy) is 2. The third-order valence-electron chi connectivity index (χ3n) is 5.32. The Hall–Kier alpha value is -5.15. The Labute approximate surface area is 199 Å². The third-order valence-corrected chi connectivity index (χ3v) is 5.32. The summed E-state index contributed by atoms with van der Waals surface area (Å²) >= 11 is 0. The lowest BCUT2D eigenvalue weighted by atomic mass is 10.1. The molecule has 0 fully saturated rings. The Morgan fingerprint density at radius 2 is 1.60 bits per heavy atom. The van der Waals surface area contributed by atoms with Gasteiger partial charge in [-0.2, -0.15) is 5.26 Å². The molecule has 6 heteroatoms. The van der Waals surface area contributed by atoms with E-state index in [0.29, 0.717) is 11.3 Å². The highest BCUT2D eigenvalue weighted by molar-refractivity contribution is 5.99. The van der Waals surface area contributed by atoms with Crippen molar-refractivity contribution in [1.29, 1.82) is 5.26 Å². The fourth-order valence-electron chi connectivity index (χ4n) is 3.60. The summed E-state index contributed by atoms with van der Waals surface area (Å²) in [5, 5.41) is 11.7. The maximum absolute atomic E-state index is 12.9. The van der Waals surface area contributed by atoms with E-state index in [9.17, 15) is 14.9 Å². The fourth-order valence-corrected chi connectivity index (χ4v) is 3.60. The van der Waals surface area contributed by atoms with Gasteiger partial charge in [0, 0.05) is 6.07 Å². The largest absolute Gasteiger partial charge is 0.460 e. The number of hydrogen-bond donors (Lipinski definition) is 0. The van der Waals surface area contributed by atoms with Crippen LogP contribution in [-0.4, -0.2) is 5.97 Å². The van der Waals surface area contributed by atoms with Crippen LogP contribution in [0, 0.1) is 11.3 Å². The molecule has 0 atom stereocenters. The van der Waals surface area contributed by atoms with Gasteiger partial charge < -0.3 is 13.9 Å². The second-order valence-electron chi connectivity index (χ2n) is 7.67. The third kappa shape index (κ3) is 4.65. The first-order valence-electron chi connectivity index (χ1n) is 10.7. The molecule has 0 saturated carbocycles. The molecule has 0 bridgehead atoms. The van der Waals surface area contributed by atoms with Gasteiger partial charge in [-0.1, -0.05) is 60.7 Å². The van der Waals surface area contributed by atoms with Crippen molar-refractivity contribution in [2.45, 2.75) is 0 Å². The Bertz CT molecular complexity index is 1690. The van der Waals surface area contributed by atoms with Gasteiger partial charge in [-0.15, -0.1) is 0 Å². The summed E-state index contributed by atoms with van der Waals surface area (Å²) in [4.78, 5) is 25.4. The van der Waals surface area contributed by atoms with Gasteiger partial charge in [0.2, 0.25) is 11.2 Å². The zero-order chi connectivity index (χ0) is 24.2. The van der Waals surface area contributed by atoms with Crippen LogP contribution in [0.15, 0.2) is 112 Å². The highest BCUT2D eigenvalue weighted by Gasteiger charge is 2.15. The van der Waals surface area contributed by atoms with E-state index in [1.807, 2.05) is 48.5 Å². The first kappa shape index (κ1) is 21.7. The second-order valence-corrected chi connectivity index (χ2v) is 7.67. The van der Waals surface area contributed by atoms with Crippen molar-refractivity contribution in [2.75, 3.05) is 0 Å². The maximum Gasteiger partial charge on any atom is 0.354 e. The number of fused-ring (bicyclic) bond motifs is 2. The second kappa shape index (κ2) is 9.38. The summed E-state index contributed by atoms with van der Waals surface area (Å²) in [5.74, 6) is -0.123. The summed E-state index contributed by atoms with van der Waals surface area (Å²) in [6.07, 6.45) is 2.67. The van der Waals surface area contributed by atoms with Gasteiger partial charge in [-0.25, -0.2) is 4.79 Å². The van der Waals surface area contributed by atoms with Crippen LogP contribution in [-0.2, 0) is 4.79 Å². The van der Waals surface area contributed by atoms with Gasteiger partial charge in [-0.3, -0.25) is 4.79 Å². The SMILES string of the molecule is N#CC(=Cc1ccccc1)C(=O)Oc1ccc2c(=O)c(Oc3ccc4ccccc4c3)coc2c1. The van der Waals surface area contributed by atoms with Crippen LogP contribution in [0.2, 0.25) is 0 Å². The molecule has 0 aliphatic heterocycles. The van der Waals surface area contributed by atoms with Crippen LogP contribution in [0.3, 0.4) is 0 Å². The molecule has 0 N–H and O–H groups in total. The average Bonchev–Trinajstić information content (AvgIpc) is 2.89. The van der Waals surface area contributed by atoms with Crippen LogP contribution in [0.4, 0.5) is 0 Å². The smallest absolute Gasteiger partial charge is 0.354 e. The normalized spacial score (nSPS) is 11.2. The van der Waals surface area contributed by atoms with Crippen molar-refractivity contribution in [3.63, 3.8) is 0 Å². The van der Waals surface area contributed by atoms with E-state index in [4.69, 9.17) is 13.9 Å². The minimum atomic E-state index is -0.811. The Morgan fingerprint density at radius 1 is 0.857 bits per heavy atom. The van der Waals surface area contributed by atoms with E-state index in [1.54, 1.807) is 30.3 Å². The summed E-state index contributed by atoms with van der Waals surface area (Å²) in [5.41, 5.74) is 0.400. The van der Waals surface area contributed by atoms with Gasteiger partial charge in [0.25, 0.3) is 0 Å². The van der Waals surface area contributed by atoms with Crippen LogP contribution in [0.1, 0.15) is 5.56 Å². The molecule has 6 nitrogen and oxygen atoms in total. The molecule has 0 aliphatic rings. The fraction of sp³-hybridized carbons (Fsp3) is 0. The van der Waals surface area contributed by atoms with Crippen LogP contribution < -0.4 is 14.9 Å². The molecular formula is C29H17NO5. The Kier molecular flexibility index (Phi) is 5.81. The van der Waals surface area contributed by atoms with E-state index >= 15 is 0 Å². The van der Waals surface area contributed by atoms with E-state index in [-0.39, 0.29) is 33.5 Å². The molecule has 0 radical (unpaired) electrons. The molecule has 0 unspecified atom stereocenters. The van der Waals surface area contributed by atoms with Gasteiger partial charge in [0.1, 0.15) is 35.0 Å². The quantitative estimate of drug-likeness (QED) is 0.134. The van der Waals surface area contributed by atoms with Crippen molar-refractivity contribution in [2.24, 2.45) is 0 Å². The zero-order valence-electron chi connectivity index (χ0n) is 18.3.